The molecule has 0 aliphatic heterocycles. The summed E-state index contributed by atoms with van der Waals surface area (Å²) >= 11 is 2.79. The van der Waals surface area contributed by atoms with E-state index in [0.29, 0.717) is 21.9 Å². The number of aromatic nitrogens is 3. The van der Waals surface area contributed by atoms with E-state index in [1.54, 1.807) is 13.0 Å². The molecule has 0 unspecified atom stereocenters. The lowest BCUT2D eigenvalue weighted by molar-refractivity contribution is -0.119. The van der Waals surface area contributed by atoms with Gasteiger partial charge >= 0.3 is 5.97 Å². The molecule has 4 aromatic heterocycles. The molecule has 0 saturated carbocycles. The first kappa shape index (κ1) is 18.3. The molecule has 142 valence electrons. The SMILES string of the molecule is Cc1csc(NC(=O)COC(=O)c2cc(-c3cccs3)nc3onc(C)c23)n1. The number of hydrogen-bond donors (Lipinski definition) is 1. The van der Waals surface area contributed by atoms with Gasteiger partial charge in [0, 0.05) is 5.38 Å². The summed E-state index contributed by atoms with van der Waals surface area (Å²) in [5.74, 6) is -1.12. The number of thiophene rings is 1. The molecule has 4 rings (SSSR count). The minimum Gasteiger partial charge on any atom is -0.452 e. The topological polar surface area (TPSA) is 107 Å². The molecule has 0 radical (unpaired) electrons. The first-order chi connectivity index (χ1) is 13.5. The molecule has 0 spiro atoms. The Morgan fingerprint density at radius 2 is 2.11 bits per heavy atom. The van der Waals surface area contributed by atoms with Crippen molar-refractivity contribution < 1.29 is 18.8 Å². The van der Waals surface area contributed by atoms with E-state index in [0.717, 1.165) is 10.6 Å². The number of ether oxygens (including phenoxy) is 1. The van der Waals surface area contributed by atoms with Gasteiger partial charge in [-0.05, 0) is 31.4 Å². The highest BCUT2D eigenvalue weighted by Crippen LogP contribution is 2.29. The number of rotatable bonds is 5. The number of nitrogens with one attached hydrogen (secondary N) is 1. The van der Waals surface area contributed by atoms with Crippen LogP contribution in [0.1, 0.15) is 21.7 Å². The van der Waals surface area contributed by atoms with Gasteiger partial charge in [-0.1, -0.05) is 11.2 Å². The second-order valence-corrected chi connectivity index (χ2v) is 7.70. The largest absolute Gasteiger partial charge is 0.452 e. The molecular weight excluding hydrogens is 400 g/mol. The van der Waals surface area contributed by atoms with Crippen LogP contribution in [-0.2, 0) is 9.53 Å². The Labute approximate surface area is 167 Å². The third-order valence-corrected chi connectivity index (χ3v) is 5.58. The number of nitrogens with zero attached hydrogens (tertiary/aromatic N) is 3. The van der Waals surface area contributed by atoms with E-state index < -0.39 is 18.5 Å². The maximum atomic E-state index is 12.7. The van der Waals surface area contributed by atoms with Crippen LogP contribution in [0.4, 0.5) is 5.13 Å². The fourth-order valence-electron chi connectivity index (χ4n) is 2.58. The normalized spacial score (nSPS) is 10.9. The lowest BCUT2D eigenvalue weighted by atomic mass is 10.1. The number of aryl methyl sites for hydroxylation is 2. The summed E-state index contributed by atoms with van der Waals surface area (Å²) in [4.78, 5) is 34.2. The van der Waals surface area contributed by atoms with Gasteiger partial charge in [-0.2, -0.15) is 0 Å². The van der Waals surface area contributed by atoms with Gasteiger partial charge in [-0.3, -0.25) is 10.1 Å². The molecule has 0 saturated heterocycles. The Kier molecular flexibility index (Phi) is 4.88. The Hall–Kier alpha value is -3.11. The Morgan fingerprint density at radius 3 is 2.82 bits per heavy atom. The van der Waals surface area contributed by atoms with Crippen molar-refractivity contribution in [1.82, 2.24) is 15.1 Å². The second-order valence-electron chi connectivity index (χ2n) is 5.90. The molecule has 0 aliphatic carbocycles. The molecule has 1 N–H and O–H groups in total. The molecule has 28 heavy (non-hydrogen) atoms. The highest BCUT2D eigenvalue weighted by Gasteiger charge is 2.21. The zero-order valence-corrected chi connectivity index (χ0v) is 16.5. The van der Waals surface area contributed by atoms with Crippen molar-refractivity contribution in [2.24, 2.45) is 0 Å². The van der Waals surface area contributed by atoms with Gasteiger partial charge in [-0.25, -0.2) is 14.8 Å². The number of pyridine rings is 1. The van der Waals surface area contributed by atoms with Gasteiger partial charge in [0.05, 0.1) is 32.9 Å². The predicted molar refractivity (Wildman–Crippen MR) is 106 cm³/mol. The summed E-state index contributed by atoms with van der Waals surface area (Å²) in [5, 5.41) is 11.1. The summed E-state index contributed by atoms with van der Waals surface area (Å²) in [6.07, 6.45) is 0. The number of anilines is 1. The summed E-state index contributed by atoms with van der Waals surface area (Å²) in [7, 11) is 0. The predicted octanol–water partition coefficient (Wildman–Crippen LogP) is 3.82. The smallest absolute Gasteiger partial charge is 0.339 e. The van der Waals surface area contributed by atoms with Crippen LogP contribution < -0.4 is 5.32 Å². The van der Waals surface area contributed by atoms with E-state index in [4.69, 9.17) is 9.26 Å². The monoisotopic (exact) mass is 414 g/mol. The third kappa shape index (κ3) is 3.64. The average Bonchev–Trinajstić information content (AvgIpc) is 3.41. The van der Waals surface area contributed by atoms with Crippen molar-refractivity contribution in [3.8, 4) is 10.6 Å². The number of esters is 1. The lowest BCUT2D eigenvalue weighted by Gasteiger charge is -2.07. The van der Waals surface area contributed by atoms with E-state index in [-0.39, 0.29) is 11.3 Å². The fourth-order valence-corrected chi connectivity index (χ4v) is 3.97. The number of thiazole rings is 1. The van der Waals surface area contributed by atoms with Gasteiger partial charge in [0.1, 0.15) is 0 Å². The van der Waals surface area contributed by atoms with E-state index in [9.17, 15) is 9.59 Å². The first-order valence-electron chi connectivity index (χ1n) is 8.21. The highest BCUT2D eigenvalue weighted by atomic mass is 32.1. The molecule has 0 aromatic carbocycles. The van der Waals surface area contributed by atoms with Crippen LogP contribution in [0.15, 0.2) is 33.5 Å². The highest BCUT2D eigenvalue weighted by molar-refractivity contribution is 7.14. The number of hydrogen-bond acceptors (Lipinski definition) is 9. The van der Waals surface area contributed by atoms with Gasteiger partial charge in [-0.15, -0.1) is 22.7 Å². The van der Waals surface area contributed by atoms with Crippen molar-refractivity contribution in [1.29, 1.82) is 0 Å². The van der Waals surface area contributed by atoms with E-state index >= 15 is 0 Å². The van der Waals surface area contributed by atoms with Crippen LogP contribution in [0.3, 0.4) is 0 Å². The average molecular weight is 414 g/mol. The summed E-state index contributed by atoms with van der Waals surface area (Å²) in [5.41, 5.74) is 2.41. The number of carbonyl (C=O) groups excluding carboxylic acids is 2. The van der Waals surface area contributed by atoms with Crippen molar-refractivity contribution in [2.45, 2.75) is 13.8 Å². The maximum Gasteiger partial charge on any atom is 0.339 e. The van der Waals surface area contributed by atoms with Crippen molar-refractivity contribution >= 4 is 50.8 Å². The zero-order valence-electron chi connectivity index (χ0n) is 14.9. The summed E-state index contributed by atoms with van der Waals surface area (Å²) in [6.45, 7) is 3.11. The molecule has 4 aromatic rings. The Morgan fingerprint density at radius 1 is 1.25 bits per heavy atom. The second kappa shape index (κ2) is 7.49. The van der Waals surface area contributed by atoms with Crippen molar-refractivity contribution in [3.63, 3.8) is 0 Å². The fraction of sp³-hybridized carbons (Fsp3) is 0.167. The van der Waals surface area contributed by atoms with Gasteiger partial charge in [0.25, 0.3) is 11.6 Å². The molecule has 0 fully saturated rings. The van der Waals surface area contributed by atoms with E-state index in [1.807, 2.05) is 29.8 Å². The van der Waals surface area contributed by atoms with Crippen LogP contribution in [0, 0.1) is 13.8 Å². The maximum absolute atomic E-state index is 12.7. The lowest BCUT2D eigenvalue weighted by Crippen LogP contribution is -2.21. The molecule has 0 aliphatic rings. The van der Waals surface area contributed by atoms with E-state index in [2.05, 4.69) is 20.4 Å². The molecule has 10 heteroatoms. The van der Waals surface area contributed by atoms with Gasteiger partial charge in [0.15, 0.2) is 11.7 Å². The van der Waals surface area contributed by atoms with Crippen LogP contribution in [0.25, 0.3) is 21.7 Å². The number of fused-ring (bicyclic) bond motifs is 1. The molecule has 0 bridgehead atoms. The van der Waals surface area contributed by atoms with Crippen LogP contribution >= 0.6 is 22.7 Å². The van der Waals surface area contributed by atoms with Crippen molar-refractivity contribution in [3.05, 3.63) is 45.9 Å². The molecular formula is C18H14N4O4S2. The minimum atomic E-state index is -0.651. The van der Waals surface area contributed by atoms with Crippen LogP contribution in [-0.4, -0.2) is 33.6 Å². The molecule has 4 heterocycles. The first-order valence-corrected chi connectivity index (χ1v) is 9.97. The summed E-state index contributed by atoms with van der Waals surface area (Å²) in [6, 6.07) is 5.41. The Bertz CT molecular complexity index is 1160. The standard InChI is InChI=1S/C18H14N4O4S2/c1-9-8-28-18(19-9)21-14(23)7-25-17(24)11-6-12(13-4-3-5-27-13)20-16-15(11)10(2)22-26-16/h3-6,8H,7H2,1-2H3,(H,19,21,23). The molecule has 8 nitrogen and oxygen atoms in total. The van der Waals surface area contributed by atoms with E-state index in [1.165, 1.54) is 22.7 Å². The molecule has 1 amide bonds. The Balaban J connectivity index is 1.56. The van der Waals surface area contributed by atoms with Crippen molar-refractivity contribution in [2.75, 3.05) is 11.9 Å². The van der Waals surface area contributed by atoms with Crippen LogP contribution in [0.5, 0.6) is 0 Å². The van der Waals surface area contributed by atoms with Crippen LogP contribution in [0.2, 0.25) is 0 Å². The number of amides is 1. The summed E-state index contributed by atoms with van der Waals surface area (Å²) < 4.78 is 10.4. The quantitative estimate of drug-likeness (QED) is 0.495. The number of carbonyl (C=O) groups is 2. The van der Waals surface area contributed by atoms with Gasteiger partial charge < -0.3 is 9.26 Å². The third-order valence-electron chi connectivity index (χ3n) is 3.81. The zero-order chi connectivity index (χ0) is 19.7. The minimum absolute atomic E-state index is 0.248. The van der Waals surface area contributed by atoms with Gasteiger partial charge in [0.2, 0.25) is 0 Å². The molecule has 0 atom stereocenters.